The van der Waals surface area contributed by atoms with Crippen molar-refractivity contribution in [1.82, 2.24) is 10.2 Å². The van der Waals surface area contributed by atoms with E-state index in [0.717, 1.165) is 19.6 Å². The van der Waals surface area contributed by atoms with Crippen molar-refractivity contribution in [3.63, 3.8) is 0 Å². The summed E-state index contributed by atoms with van der Waals surface area (Å²) in [6.45, 7) is 14.2. The van der Waals surface area contributed by atoms with Crippen molar-refractivity contribution in [2.45, 2.75) is 65.5 Å². The third kappa shape index (κ3) is 4.43. The van der Waals surface area contributed by atoms with Gasteiger partial charge < -0.3 is 9.64 Å². The summed E-state index contributed by atoms with van der Waals surface area (Å²) >= 11 is 0. The van der Waals surface area contributed by atoms with Crippen molar-refractivity contribution in [1.29, 1.82) is 0 Å². The van der Waals surface area contributed by atoms with Crippen LogP contribution in [0, 0.1) is 11.3 Å². The quantitative estimate of drug-likeness (QED) is 0.764. The smallest absolute Gasteiger partial charge is 0.327 e. The highest BCUT2D eigenvalue weighted by Crippen LogP contribution is 2.34. The van der Waals surface area contributed by atoms with Gasteiger partial charge in [0.25, 0.3) is 0 Å². The molecule has 0 bridgehead atoms. The first-order valence-electron chi connectivity index (χ1n) is 8.42. The van der Waals surface area contributed by atoms with Crippen LogP contribution in [0.15, 0.2) is 0 Å². The maximum absolute atomic E-state index is 12.4. The lowest BCUT2D eigenvalue weighted by Crippen LogP contribution is -2.58. The van der Waals surface area contributed by atoms with Crippen LogP contribution in [0.3, 0.4) is 0 Å². The zero-order valence-corrected chi connectivity index (χ0v) is 14.4. The van der Waals surface area contributed by atoms with Gasteiger partial charge in [0.1, 0.15) is 5.54 Å². The van der Waals surface area contributed by atoms with Crippen LogP contribution in [0.2, 0.25) is 0 Å². The van der Waals surface area contributed by atoms with E-state index in [4.69, 9.17) is 4.74 Å². The normalized spacial score (nSPS) is 26.6. The number of hydrogen-bond acceptors (Lipinski definition) is 4. The van der Waals surface area contributed by atoms with E-state index in [0.29, 0.717) is 24.0 Å². The summed E-state index contributed by atoms with van der Waals surface area (Å²) in [4.78, 5) is 14.8. The van der Waals surface area contributed by atoms with E-state index in [9.17, 15) is 4.79 Å². The van der Waals surface area contributed by atoms with Crippen LogP contribution in [0.25, 0.3) is 0 Å². The Kier molecular flexibility index (Phi) is 4.99. The van der Waals surface area contributed by atoms with Crippen molar-refractivity contribution >= 4 is 5.97 Å². The number of carbonyl (C=O) groups excluding carboxylic acids is 1. The molecule has 4 heteroatoms. The monoisotopic (exact) mass is 296 g/mol. The summed E-state index contributed by atoms with van der Waals surface area (Å²) in [5, 5.41) is 3.52. The molecule has 0 aromatic rings. The molecule has 122 valence electrons. The molecule has 1 N–H and O–H groups in total. The van der Waals surface area contributed by atoms with E-state index in [1.54, 1.807) is 0 Å². The lowest BCUT2D eigenvalue weighted by atomic mass is 9.80. The second kappa shape index (κ2) is 6.25. The van der Waals surface area contributed by atoms with Crippen LogP contribution in [-0.2, 0) is 9.53 Å². The number of nitrogens with one attached hydrogen (secondary N) is 1. The van der Waals surface area contributed by atoms with Crippen molar-refractivity contribution in [3.05, 3.63) is 0 Å². The number of ether oxygens (including phenoxy) is 1. The minimum Gasteiger partial charge on any atom is -0.465 e. The van der Waals surface area contributed by atoms with Crippen molar-refractivity contribution < 1.29 is 9.53 Å². The van der Waals surface area contributed by atoms with Crippen LogP contribution < -0.4 is 5.32 Å². The first kappa shape index (κ1) is 16.8. The van der Waals surface area contributed by atoms with Gasteiger partial charge in [0, 0.05) is 19.1 Å². The maximum Gasteiger partial charge on any atom is 0.327 e. The molecule has 0 aromatic carbocycles. The Morgan fingerprint density at radius 3 is 2.38 bits per heavy atom. The summed E-state index contributed by atoms with van der Waals surface area (Å²) in [6.07, 6.45) is 3.59. The van der Waals surface area contributed by atoms with E-state index in [2.05, 4.69) is 31.0 Å². The Morgan fingerprint density at radius 2 is 1.90 bits per heavy atom. The van der Waals surface area contributed by atoms with Crippen LogP contribution >= 0.6 is 0 Å². The lowest BCUT2D eigenvalue weighted by molar-refractivity contribution is -0.151. The molecule has 21 heavy (non-hydrogen) atoms. The second-order valence-electron chi connectivity index (χ2n) is 8.06. The topological polar surface area (TPSA) is 41.6 Å². The van der Waals surface area contributed by atoms with Crippen LogP contribution in [0.5, 0.6) is 0 Å². The summed E-state index contributed by atoms with van der Waals surface area (Å²) in [5.74, 6) is 0.612. The molecule has 0 aromatic heterocycles. The molecule has 2 atom stereocenters. The Hall–Kier alpha value is -0.610. The van der Waals surface area contributed by atoms with Gasteiger partial charge in [-0.1, -0.05) is 20.8 Å². The third-order valence-electron chi connectivity index (χ3n) is 4.86. The summed E-state index contributed by atoms with van der Waals surface area (Å²) in [5.41, 5.74) is -0.219. The van der Waals surface area contributed by atoms with Gasteiger partial charge in [0.2, 0.25) is 0 Å². The van der Waals surface area contributed by atoms with Gasteiger partial charge in [-0.05, 0) is 51.0 Å². The van der Waals surface area contributed by atoms with E-state index in [1.165, 1.54) is 19.3 Å². The molecular weight excluding hydrogens is 264 g/mol. The summed E-state index contributed by atoms with van der Waals surface area (Å²) in [6, 6.07) is 0.500. The molecule has 4 nitrogen and oxygen atoms in total. The minimum atomic E-state index is -0.566. The largest absolute Gasteiger partial charge is 0.465 e. The van der Waals surface area contributed by atoms with Crippen molar-refractivity contribution in [2.24, 2.45) is 11.3 Å². The fourth-order valence-corrected chi connectivity index (χ4v) is 3.27. The van der Waals surface area contributed by atoms with Crippen LogP contribution in [0.4, 0.5) is 0 Å². The van der Waals surface area contributed by atoms with Crippen LogP contribution in [0.1, 0.15) is 53.9 Å². The van der Waals surface area contributed by atoms with Crippen molar-refractivity contribution in [2.75, 3.05) is 26.2 Å². The van der Waals surface area contributed by atoms with Gasteiger partial charge in [0.05, 0.1) is 6.61 Å². The van der Waals surface area contributed by atoms with E-state index >= 15 is 0 Å². The van der Waals surface area contributed by atoms with Gasteiger partial charge >= 0.3 is 5.97 Å². The van der Waals surface area contributed by atoms with Gasteiger partial charge in [-0.25, -0.2) is 0 Å². The predicted octanol–water partition coefficient (Wildman–Crippen LogP) is 2.43. The summed E-state index contributed by atoms with van der Waals surface area (Å²) < 4.78 is 5.31. The Labute approximate surface area is 129 Å². The van der Waals surface area contributed by atoms with Crippen LogP contribution in [-0.4, -0.2) is 48.7 Å². The highest BCUT2D eigenvalue weighted by Gasteiger charge is 2.43. The fraction of sp³-hybridized carbons (Fsp3) is 0.941. The standard InChI is InChI=1S/C17H32N2O2/c1-6-21-15(20)17(5,18-14-7-8-14)12-19-10-9-13(11-19)16(2,3)4/h13-14,18H,6-12H2,1-5H3. The Bertz CT molecular complexity index is 373. The number of carbonyl (C=O) groups is 1. The second-order valence-corrected chi connectivity index (χ2v) is 8.06. The van der Waals surface area contributed by atoms with Gasteiger partial charge in [-0.2, -0.15) is 0 Å². The molecule has 0 amide bonds. The van der Waals surface area contributed by atoms with Gasteiger partial charge in [-0.15, -0.1) is 0 Å². The number of rotatable bonds is 6. The molecular formula is C17H32N2O2. The average molecular weight is 296 g/mol. The molecule has 1 aliphatic heterocycles. The number of likely N-dealkylation sites (tertiary alicyclic amines) is 1. The Balaban J connectivity index is 1.97. The summed E-state index contributed by atoms with van der Waals surface area (Å²) in [7, 11) is 0. The molecule has 2 unspecified atom stereocenters. The molecule has 2 aliphatic rings. The molecule has 1 saturated heterocycles. The SMILES string of the molecule is CCOC(=O)C(C)(CN1CCC(C(C)(C)C)C1)NC1CC1. The highest BCUT2D eigenvalue weighted by molar-refractivity contribution is 5.80. The number of esters is 1. The molecule has 2 fully saturated rings. The van der Waals surface area contributed by atoms with Crippen molar-refractivity contribution in [3.8, 4) is 0 Å². The molecule has 1 aliphatic carbocycles. The number of nitrogens with zero attached hydrogens (tertiary/aromatic N) is 1. The highest BCUT2D eigenvalue weighted by atomic mass is 16.5. The average Bonchev–Trinajstić information content (AvgIpc) is 3.03. The first-order valence-corrected chi connectivity index (χ1v) is 8.42. The van der Waals surface area contributed by atoms with Gasteiger partial charge in [-0.3, -0.25) is 10.1 Å². The van der Waals surface area contributed by atoms with Gasteiger partial charge in [0.15, 0.2) is 0 Å². The zero-order chi connectivity index (χ0) is 15.7. The number of hydrogen-bond donors (Lipinski definition) is 1. The molecule has 1 saturated carbocycles. The zero-order valence-electron chi connectivity index (χ0n) is 14.4. The first-order chi connectivity index (χ1) is 9.74. The maximum atomic E-state index is 12.4. The fourth-order valence-electron chi connectivity index (χ4n) is 3.27. The van der Waals surface area contributed by atoms with E-state index in [-0.39, 0.29) is 5.97 Å². The predicted molar refractivity (Wildman–Crippen MR) is 85.2 cm³/mol. The molecule has 2 rings (SSSR count). The molecule has 0 spiro atoms. The third-order valence-corrected chi connectivity index (χ3v) is 4.86. The molecule has 1 heterocycles. The van der Waals surface area contributed by atoms with E-state index in [1.807, 2.05) is 13.8 Å². The van der Waals surface area contributed by atoms with E-state index < -0.39 is 5.54 Å². The lowest BCUT2D eigenvalue weighted by Gasteiger charge is -2.33. The minimum absolute atomic E-state index is 0.101. The molecule has 0 radical (unpaired) electrons. The Morgan fingerprint density at radius 1 is 1.24 bits per heavy atom.